The number of carbonyl (C=O) groups is 1. The van der Waals surface area contributed by atoms with Crippen molar-refractivity contribution in [3.05, 3.63) is 0 Å². The van der Waals surface area contributed by atoms with E-state index in [4.69, 9.17) is 0 Å². The van der Waals surface area contributed by atoms with E-state index in [0.29, 0.717) is 11.9 Å². The topological polar surface area (TPSA) is 32.3 Å². The highest BCUT2D eigenvalue weighted by molar-refractivity contribution is 5.84. The third kappa shape index (κ3) is 3.31. The molecule has 1 amide bonds. The average molecular weight is 266 g/mol. The zero-order valence-electron chi connectivity index (χ0n) is 12.8. The van der Waals surface area contributed by atoms with Gasteiger partial charge >= 0.3 is 0 Å². The number of carbonyl (C=O) groups excluding carboxylic acids is 1. The number of amides is 1. The van der Waals surface area contributed by atoms with Crippen LogP contribution in [0.4, 0.5) is 0 Å². The van der Waals surface area contributed by atoms with Gasteiger partial charge in [0.25, 0.3) is 0 Å². The summed E-state index contributed by atoms with van der Waals surface area (Å²) in [6, 6.07) is 0.581. The highest BCUT2D eigenvalue weighted by Gasteiger charge is 2.41. The summed E-state index contributed by atoms with van der Waals surface area (Å²) < 4.78 is 0. The Bertz CT molecular complexity index is 297. The first-order valence-corrected chi connectivity index (χ1v) is 8.25. The largest absolute Gasteiger partial charge is 0.323 e. The predicted molar refractivity (Wildman–Crippen MR) is 78.8 cm³/mol. The monoisotopic (exact) mass is 266 g/mol. The highest BCUT2D eigenvalue weighted by atomic mass is 16.2. The first-order chi connectivity index (χ1) is 9.17. The summed E-state index contributed by atoms with van der Waals surface area (Å²) in [6.45, 7) is 6.71. The predicted octanol–water partition coefficient (Wildman–Crippen LogP) is 3.29. The third-order valence-electron chi connectivity index (χ3n) is 4.89. The standard InChI is InChI=1S/C16H30N2O/c1-4-6-7-14-16(19)18(15(5-2)17-14)13-10-8-12(3)9-11-13/h12-15,17H,4-11H2,1-3H3. The van der Waals surface area contributed by atoms with Gasteiger partial charge in [0.15, 0.2) is 0 Å². The molecular weight excluding hydrogens is 236 g/mol. The minimum absolute atomic E-state index is 0.0873. The fraction of sp³-hybridized carbons (Fsp3) is 0.938. The molecule has 2 fully saturated rings. The van der Waals surface area contributed by atoms with E-state index in [2.05, 4.69) is 31.0 Å². The maximum atomic E-state index is 12.6. The fourth-order valence-electron chi connectivity index (χ4n) is 3.60. The molecule has 0 spiro atoms. The molecule has 0 aromatic rings. The lowest BCUT2D eigenvalue weighted by molar-refractivity contribution is -0.133. The molecule has 19 heavy (non-hydrogen) atoms. The van der Waals surface area contributed by atoms with Crippen LogP contribution in [-0.2, 0) is 4.79 Å². The molecule has 1 aliphatic heterocycles. The lowest BCUT2D eigenvalue weighted by Crippen LogP contribution is -2.45. The number of nitrogens with one attached hydrogen (secondary N) is 1. The van der Waals surface area contributed by atoms with Crippen LogP contribution in [0.15, 0.2) is 0 Å². The second-order valence-corrected chi connectivity index (χ2v) is 6.44. The summed E-state index contributed by atoms with van der Waals surface area (Å²) in [6.07, 6.45) is 9.60. The summed E-state index contributed by atoms with van der Waals surface area (Å²) >= 11 is 0. The van der Waals surface area contributed by atoms with Crippen molar-refractivity contribution in [3.8, 4) is 0 Å². The van der Waals surface area contributed by atoms with Crippen LogP contribution in [-0.4, -0.2) is 29.1 Å². The van der Waals surface area contributed by atoms with Crippen molar-refractivity contribution < 1.29 is 4.79 Å². The molecule has 1 heterocycles. The second kappa shape index (κ2) is 6.74. The number of rotatable bonds is 5. The minimum Gasteiger partial charge on any atom is -0.323 e. The Hall–Kier alpha value is -0.570. The summed E-state index contributed by atoms with van der Waals surface area (Å²) in [5.74, 6) is 1.22. The maximum absolute atomic E-state index is 12.6. The number of hydrogen-bond acceptors (Lipinski definition) is 2. The molecule has 2 atom stereocenters. The molecule has 3 nitrogen and oxygen atoms in total. The van der Waals surface area contributed by atoms with Crippen LogP contribution in [0.3, 0.4) is 0 Å². The SMILES string of the molecule is CCCCC1NC(CC)N(C2CCC(C)CC2)C1=O. The summed E-state index contributed by atoms with van der Waals surface area (Å²) in [7, 11) is 0. The quantitative estimate of drug-likeness (QED) is 0.828. The Morgan fingerprint density at radius 2 is 1.89 bits per heavy atom. The molecule has 2 rings (SSSR count). The molecule has 0 radical (unpaired) electrons. The first kappa shape index (κ1) is 14.8. The third-order valence-corrected chi connectivity index (χ3v) is 4.89. The van der Waals surface area contributed by atoms with E-state index in [1.165, 1.54) is 32.1 Å². The van der Waals surface area contributed by atoms with Crippen LogP contribution < -0.4 is 5.32 Å². The van der Waals surface area contributed by atoms with Gasteiger partial charge in [-0.3, -0.25) is 10.1 Å². The van der Waals surface area contributed by atoms with Gasteiger partial charge in [-0.1, -0.05) is 33.6 Å². The van der Waals surface area contributed by atoms with Crippen LogP contribution in [0.1, 0.15) is 72.1 Å². The van der Waals surface area contributed by atoms with Gasteiger partial charge in [-0.25, -0.2) is 0 Å². The van der Waals surface area contributed by atoms with Gasteiger partial charge in [-0.2, -0.15) is 0 Å². The molecule has 1 saturated heterocycles. The molecule has 2 unspecified atom stereocenters. The molecule has 0 aromatic carbocycles. The highest BCUT2D eigenvalue weighted by Crippen LogP contribution is 2.31. The number of unbranched alkanes of at least 4 members (excludes halogenated alkanes) is 1. The van der Waals surface area contributed by atoms with Gasteiger partial charge in [0.1, 0.15) is 0 Å². The van der Waals surface area contributed by atoms with Crippen LogP contribution in [0, 0.1) is 5.92 Å². The van der Waals surface area contributed by atoms with E-state index in [9.17, 15) is 4.79 Å². The molecule has 2 aliphatic rings. The Kier molecular flexibility index (Phi) is 5.26. The Balaban J connectivity index is 1.99. The molecule has 1 saturated carbocycles. The van der Waals surface area contributed by atoms with Crippen molar-refractivity contribution in [2.75, 3.05) is 0 Å². The van der Waals surface area contributed by atoms with Crippen molar-refractivity contribution in [2.45, 2.75) is 90.4 Å². The van der Waals surface area contributed by atoms with Gasteiger partial charge in [0, 0.05) is 6.04 Å². The van der Waals surface area contributed by atoms with Gasteiger partial charge < -0.3 is 4.90 Å². The van der Waals surface area contributed by atoms with Crippen LogP contribution in [0.2, 0.25) is 0 Å². The minimum atomic E-state index is 0.0873. The van der Waals surface area contributed by atoms with E-state index in [1.54, 1.807) is 0 Å². The Morgan fingerprint density at radius 3 is 2.47 bits per heavy atom. The van der Waals surface area contributed by atoms with Gasteiger partial charge in [0.2, 0.25) is 5.91 Å². The molecule has 1 N–H and O–H groups in total. The average Bonchev–Trinajstić information content (AvgIpc) is 2.74. The van der Waals surface area contributed by atoms with Crippen molar-refractivity contribution in [1.82, 2.24) is 10.2 Å². The summed E-state index contributed by atoms with van der Waals surface area (Å²) in [4.78, 5) is 14.8. The lowest BCUT2D eigenvalue weighted by Gasteiger charge is -2.36. The van der Waals surface area contributed by atoms with Crippen LogP contribution in [0.5, 0.6) is 0 Å². The summed E-state index contributed by atoms with van der Waals surface area (Å²) in [5.41, 5.74) is 0. The van der Waals surface area contributed by atoms with E-state index < -0.39 is 0 Å². The van der Waals surface area contributed by atoms with Gasteiger partial charge in [-0.15, -0.1) is 0 Å². The van der Waals surface area contributed by atoms with Gasteiger partial charge in [-0.05, 0) is 44.4 Å². The normalized spacial score (nSPS) is 35.9. The van der Waals surface area contributed by atoms with Crippen molar-refractivity contribution in [3.63, 3.8) is 0 Å². The van der Waals surface area contributed by atoms with E-state index in [0.717, 1.165) is 25.2 Å². The summed E-state index contributed by atoms with van der Waals surface area (Å²) in [5, 5.41) is 3.56. The fourth-order valence-corrected chi connectivity index (χ4v) is 3.60. The number of hydrogen-bond donors (Lipinski definition) is 1. The lowest BCUT2D eigenvalue weighted by atomic mass is 9.86. The van der Waals surface area contributed by atoms with Crippen molar-refractivity contribution >= 4 is 5.91 Å². The van der Waals surface area contributed by atoms with Crippen LogP contribution in [0.25, 0.3) is 0 Å². The Labute approximate surface area is 118 Å². The van der Waals surface area contributed by atoms with Crippen molar-refractivity contribution in [2.24, 2.45) is 5.92 Å². The molecular formula is C16H30N2O. The van der Waals surface area contributed by atoms with E-state index in [1.807, 2.05) is 0 Å². The number of nitrogens with zero attached hydrogens (tertiary/aromatic N) is 1. The second-order valence-electron chi connectivity index (χ2n) is 6.44. The molecule has 0 bridgehead atoms. The van der Waals surface area contributed by atoms with Gasteiger partial charge in [0.05, 0.1) is 12.2 Å². The first-order valence-electron chi connectivity index (χ1n) is 8.25. The zero-order valence-corrected chi connectivity index (χ0v) is 12.8. The maximum Gasteiger partial charge on any atom is 0.241 e. The molecule has 0 aromatic heterocycles. The Morgan fingerprint density at radius 1 is 1.21 bits per heavy atom. The molecule has 110 valence electrons. The van der Waals surface area contributed by atoms with Crippen molar-refractivity contribution in [1.29, 1.82) is 0 Å². The molecule has 1 aliphatic carbocycles. The zero-order chi connectivity index (χ0) is 13.8. The smallest absolute Gasteiger partial charge is 0.241 e. The molecule has 3 heteroatoms. The van der Waals surface area contributed by atoms with E-state index in [-0.39, 0.29) is 12.2 Å². The van der Waals surface area contributed by atoms with E-state index >= 15 is 0 Å². The van der Waals surface area contributed by atoms with Crippen LogP contribution >= 0.6 is 0 Å².